The molecule has 0 saturated carbocycles. The number of nitrogens with zero attached hydrogens (tertiary/aromatic N) is 1. The summed E-state index contributed by atoms with van der Waals surface area (Å²) in [5.74, 6) is 0.479. The number of ether oxygens (including phenoxy) is 1. The Hall–Kier alpha value is -0.820. The quantitative estimate of drug-likeness (QED) is 0.332. The number of hydrogen-bond acceptors (Lipinski definition) is 2. The largest absolute Gasteiger partial charge is 0.379 e. The molecule has 4 nitrogen and oxygen atoms in total. The van der Waals surface area contributed by atoms with Crippen molar-refractivity contribution in [1.29, 1.82) is 0 Å². The Morgan fingerprint density at radius 3 is 2.86 bits per heavy atom. The fraction of sp³-hybridized carbons (Fsp3) is 0.562. The van der Waals surface area contributed by atoms with Gasteiger partial charge in [0.2, 0.25) is 0 Å². The first-order valence-electron chi connectivity index (χ1n) is 7.45. The van der Waals surface area contributed by atoms with E-state index >= 15 is 0 Å². The maximum Gasteiger partial charge on any atom is 0.193 e. The number of hydrogen-bond donors (Lipinski definition) is 2. The molecular weight excluding hydrogens is 377 g/mol. The summed E-state index contributed by atoms with van der Waals surface area (Å²) in [6, 6.07) is 6.45. The molecule has 0 aliphatic heterocycles. The van der Waals surface area contributed by atoms with Gasteiger partial charge in [-0.25, -0.2) is 0 Å². The summed E-state index contributed by atoms with van der Waals surface area (Å²) >= 11 is 0. The van der Waals surface area contributed by atoms with Gasteiger partial charge in [-0.2, -0.15) is 0 Å². The van der Waals surface area contributed by atoms with Crippen LogP contribution in [0.4, 0.5) is 5.69 Å². The highest BCUT2D eigenvalue weighted by Crippen LogP contribution is 2.24. The molecule has 1 aromatic rings. The van der Waals surface area contributed by atoms with E-state index in [0.29, 0.717) is 12.5 Å². The molecule has 2 rings (SSSR count). The SMILES string of the molecule is CC(C)OCCCN=C(N)Nc1ccc2c(c1)CCC2.I. The fourth-order valence-corrected chi connectivity index (χ4v) is 2.42. The van der Waals surface area contributed by atoms with Gasteiger partial charge >= 0.3 is 0 Å². The number of anilines is 1. The van der Waals surface area contributed by atoms with Gasteiger partial charge in [0.25, 0.3) is 0 Å². The lowest BCUT2D eigenvalue weighted by Crippen LogP contribution is -2.23. The number of nitrogens with two attached hydrogens (primary N) is 1. The van der Waals surface area contributed by atoms with Crippen molar-refractivity contribution in [1.82, 2.24) is 0 Å². The molecule has 0 heterocycles. The normalized spacial score (nSPS) is 14.0. The zero-order chi connectivity index (χ0) is 14.4. The van der Waals surface area contributed by atoms with E-state index in [2.05, 4.69) is 28.5 Å². The average molecular weight is 403 g/mol. The third kappa shape index (κ3) is 6.22. The van der Waals surface area contributed by atoms with Crippen molar-refractivity contribution in [3.63, 3.8) is 0 Å². The van der Waals surface area contributed by atoms with Gasteiger partial charge < -0.3 is 15.8 Å². The van der Waals surface area contributed by atoms with Crippen molar-refractivity contribution >= 4 is 35.6 Å². The predicted octanol–water partition coefficient (Wildman–Crippen LogP) is 3.34. The Morgan fingerprint density at radius 1 is 1.33 bits per heavy atom. The minimum absolute atomic E-state index is 0. The molecule has 0 atom stereocenters. The van der Waals surface area contributed by atoms with E-state index in [4.69, 9.17) is 10.5 Å². The lowest BCUT2D eigenvalue weighted by atomic mass is 10.1. The molecule has 1 aliphatic rings. The van der Waals surface area contributed by atoms with Crippen LogP contribution in [0.1, 0.15) is 37.8 Å². The van der Waals surface area contributed by atoms with E-state index in [-0.39, 0.29) is 30.1 Å². The molecule has 0 radical (unpaired) electrons. The van der Waals surface area contributed by atoms with Crippen LogP contribution < -0.4 is 11.1 Å². The minimum atomic E-state index is 0. The van der Waals surface area contributed by atoms with Crippen LogP contribution in [0.3, 0.4) is 0 Å². The summed E-state index contributed by atoms with van der Waals surface area (Å²) in [6.07, 6.45) is 4.81. The van der Waals surface area contributed by atoms with Gasteiger partial charge in [-0.3, -0.25) is 4.99 Å². The van der Waals surface area contributed by atoms with Crippen molar-refractivity contribution in [3.8, 4) is 0 Å². The monoisotopic (exact) mass is 403 g/mol. The Balaban J connectivity index is 0.00000220. The summed E-state index contributed by atoms with van der Waals surface area (Å²) in [6.45, 7) is 5.49. The van der Waals surface area contributed by atoms with Gasteiger partial charge in [0.05, 0.1) is 6.10 Å². The second-order valence-electron chi connectivity index (χ2n) is 5.50. The van der Waals surface area contributed by atoms with Gasteiger partial charge in [0, 0.05) is 18.8 Å². The number of rotatable bonds is 6. The molecule has 0 bridgehead atoms. The third-order valence-corrected chi connectivity index (χ3v) is 3.41. The standard InChI is InChI=1S/C16H25N3O.HI/c1-12(2)20-10-4-9-18-16(17)19-15-8-7-13-5-3-6-14(13)11-15;/h7-8,11-12H,3-6,9-10H2,1-2H3,(H3,17,18,19);1H. The molecule has 1 aromatic carbocycles. The molecule has 0 fully saturated rings. The Labute approximate surface area is 144 Å². The van der Waals surface area contributed by atoms with Gasteiger partial charge in [-0.05, 0) is 62.8 Å². The van der Waals surface area contributed by atoms with Crippen molar-refractivity contribution in [2.45, 2.75) is 45.6 Å². The minimum Gasteiger partial charge on any atom is -0.379 e. The lowest BCUT2D eigenvalue weighted by molar-refractivity contribution is 0.0783. The van der Waals surface area contributed by atoms with Crippen molar-refractivity contribution < 1.29 is 4.74 Å². The van der Waals surface area contributed by atoms with Crippen LogP contribution in [0.2, 0.25) is 0 Å². The molecular formula is C16H26IN3O. The Bertz CT molecular complexity index is 475. The molecule has 0 aromatic heterocycles. The zero-order valence-corrected chi connectivity index (χ0v) is 15.2. The van der Waals surface area contributed by atoms with E-state index in [1.54, 1.807) is 0 Å². The predicted molar refractivity (Wildman–Crippen MR) is 99.7 cm³/mol. The Morgan fingerprint density at radius 2 is 2.10 bits per heavy atom. The van der Waals surface area contributed by atoms with E-state index in [1.165, 1.54) is 30.4 Å². The summed E-state index contributed by atoms with van der Waals surface area (Å²) < 4.78 is 5.46. The molecule has 21 heavy (non-hydrogen) atoms. The first kappa shape index (κ1) is 18.2. The molecule has 118 valence electrons. The van der Waals surface area contributed by atoms with Crippen LogP contribution in [0.15, 0.2) is 23.2 Å². The smallest absolute Gasteiger partial charge is 0.193 e. The van der Waals surface area contributed by atoms with E-state index in [0.717, 1.165) is 18.7 Å². The summed E-state index contributed by atoms with van der Waals surface area (Å²) in [4.78, 5) is 4.31. The molecule has 3 N–H and O–H groups in total. The average Bonchev–Trinajstić information content (AvgIpc) is 2.85. The molecule has 0 saturated heterocycles. The van der Waals surface area contributed by atoms with Gasteiger partial charge in [0.1, 0.15) is 0 Å². The van der Waals surface area contributed by atoms with Gasteiger partial charge in [-0.15, -0.1) is 24.0 Å². The Kier molecular flexibility index (Phi) is 8.03. The first-order valence-corrected chi connectivity index (χ1v) is 7.45. The second kappa shape index (κ2) is 9.25. The number of nitrogens with one attached hydrogen (secondary N) is 1. The number of halogens is 1. The number of aliphatic imine (C=N–C) groups is 1. The van der Waals surface area contributed by atoms with Crippen molar-refractivity contribution in [2.75, 3.05) is 18.5 Å². The van der Waals surface area contributed by atoms with Gasteiger partial charge in [0.15, 0.2) is 5.96 Å². The fourth-order valence-electron chi connectivity index (χ4n) is 2.42. The van der Waals surface area contributed by atoms with Crippen LogP contribution in [0.5, 0.6) is 0 Å². The van der Waals surface area contributed by atoms with Crippen molar-refractivity contribution in [3.05, 3.63) is 29.3 Å². The number of fused-ring (bicyclic) bond motifs is 1. The van der Waals surface area contributed by atoms with Crippen molar-refractivity contribution in [2.24, 2.45) is 10.7 Å². The zero-order valence-electron chi connectivity index (χ0n) is 12.9. The molecule has 0 unspecified atom stereocenters. The second-order valence-corrected chi connectivity index (χ2v) is 5.50. The molecule has 0 spiro atoms. The highest BCUT2D eigenvalue weighted by atomic mass is 127. The summed E-state index contributed by atoms with van der Waals surface area (Å²) in [7, 11) is 0. The maximum absolute atomic E-state index is 5.89. The van der Waals surface area contributed by atoms with Crippen LogP contribution >= 0.6 is 24.0 Å². The molecule has 0 amide bonds. The van der Waals surface area contributed by atoms with E-state index < -0.39 is 0 Å². The van der Waals surface area contributed by atoms with E-state index in [9.17, 15) is 0 Å². The maximum atomic E-state index is 5.89. The number of guanidine groups is 1. The van der Waals surface area contributed by atoms with Crippen LogP contribution in [0.25, 0.3) is 0 Å². The van der Waals surface area contributed by atoms with Crippen LogP contribution in [-0.4, -0.2) is 25.2 Å². The highest BCUT2D eigenvalue weighted by molar-refractivity contribution is 14.0. The van der Waals surface area contributed by atoms with Crippen LogP contribution in [0, 0.1) is 0 Å². The topological polar surface area (TPSA) is 59.6 Å². The third-order valence-electron chi connectivity index (χ3n) is 3.41. The molecule has 1 aliphatic carbocycles. The van der Waals surface area contributed by atoms with Gasteiger partial charge in [-0.1, -0.05) is 6.07 Å². The number of benzene rings is 1. The first-order chi connectivity index (χ1) is 9.65. The molecule has 5 heteroatoms. The summed E-state index contributed by atoms with van der Waals surface area (Å²) in [5.41, 5.74) is 9.83. The van der Waals surface area contributed by atoms with Crippen LogP contribution in [-0.2, 0) is 17.6 Å². The lowest BCUT2D eigenvalue weighted by Gasteiger charge is -2.08. The summed E-state index contributed by atoms with van der Waals surface area (Å²) in [5, 5.41) is 3.16. The van der Waals surface area contributed by atoms with E-state index in [1.807, 2.05) is 13.8 Å². The number of aryl methyl sites for hydroxylation is 2. The highest BCUT2D eigenvalue weighted by Gasteiger charge is 2.10.